The first-order chi connectivity index (χ1) is 10.7. The number of hydrogen-bond acceptors (Lipinski definition) is 3. The Balaban J connectivity index is 2.18. The van der Waals surface area contributed by atoms with E-state index in [-0.39, 0.29) is 6.29 Å². The van der Waals surface area contributed by atoms with Gasteiger partial charge in [-0.25, -0.2) is 0 Å². The van der Waals surface area contributed by atoms with E-state index in [0.717, 1.165) is 21.8 Å². The SMILES string of the molecule is CCOP(=O)(Cn1c2ccccc2c2ccccc21)OCC. The zero-order valence-corrected chi connectivity index (χ0v) is 13.8. The molecule has 4 nitrogen and oxygen atoms in total. The summed E-state index contributed by atoms with van der Waals surface area (Å²) in [5.74, 6) is 0. The van der Waals surface area contributed by atoms with Gasteiger partial charge in [-0.15, -0.1) is 0 Å². The summed E-state index contributed by atoms with van der Waals surface area (Å²) in [6.45, 7) is 4.40. The van der Waals surface area contributed by atoms with Crippen LogP contribution in [0.4, 0.5) is 0 Å². The summed E-state index contributed by atoms with van der Waals surface area (Å²) in [7, 11) is -3.15. The molecule has 0 aliphatic rings. The lowest BCUT2D eigenvalue weighted by atomic mass is 10.2. The molecular formula is C17H20NO3P. The van der Waals surface area contributed by atoms with Gasteiger partial charge in [-0.05, 0) is 26.0 Å². The largest absolute Gasteiger partial charge is 0.350 e. The van der Waals surface area contributed by atoms with Crippen molar-refractivity contribution in [1.29, 1.82) is 0 Å². The molecule has 0 unspecified atom stereocenters. The van der Waals surface area contributed by atoms with Gasteiger partial charge in [-0.2, -0.15) is 0 Å². The van der Waals surface area contributed by atoms with Gasteiger partial charge in [0.15, 0.2) is 0 Å². The Morgan fingerprint density at radius 2 is 1.32 bits per heavy atom. The minimum Gasteiger partial charge on any atom is -0.328 e. The van der Waals surface area contributed by atoms with Crippen LogP contribution >= 0.6 is 7.60 Å². The van der Waals surface area contributed by atoms with Gasteiger partial charge >= 0.3 is 7.60 Å². The summed E-state index contributed by atoms with van der Waals surface area (Å²) in [5.41, 5.74) is 2.09. The third-order valence-corrected chi connectivity index (χ3v) is 5.58. The molecule has 3 aromatic rings. The van der Waals surface area contributed by atoms with Crippen molar-refractivity contribution >= 4 is 29.4 Å². The lowest BCUT2D eigenvalue weighted by molar-refractivity contribution is 0.215. The van der Waals surface area contributed by atoms with Gasteiger partial charge in [0.25, 0.3) is 0 Å². The standard InChI is InChI=1S/C17H20NO3P/c1-3-20-22(19,21-4-2)13-18-16-11-7-5-9-14(16)15-10-6-8-12-17(15)18/h5-12H,3-4,13H2,1-2H3. The third kappa shape index (κ3) is 2.70. The second kappa shape index (κ2) is 6.25. The fourth-order valence-corrected chi connectivity index (χ4v) is 4.52. The average Bonchev–Trinajstić information content (AvgIpc) is 2.83. The molecule has 0 bridgehead atoms. The maximum absolute atomic E-state index is 12.9. The van der Waals surface area contributed by atoms with Crippen molar-refractivity contribution in [1.82, 2.24) is 4.57 Å². The summed E-state index contributed by atoms with van der Waals surface area (Å²) in [4.78, 5) is 0. The van der Waals surface area contributed by atoms with E-state index in [4.69, 9.17) is 9.05 Å². The first-order valence-corrected chi connectivity index (χ1v) is 9.25. The Kier molecular flexibility index (Phi) is 4.34. The van der Waals surface area contributed by atoms with Crippen LogP contribution in [-0.4, -0.2) is 17.8 Å². The number of benzene rings is 2. The summed E-state index contributed by atoms with van der Waals surface area (Å²) >= 11 is 0. The van der Waals surface area contributed by atoms with E-state index in [9.17, 15) is 4.57 Å². The molecule has 0 N–H and O–H groups in total. The molecule has 0 aliphatic heterocycles. The average molecular weight is 317 g/mol. The number of nitrogens with zero attached hydrogens (tertiary/aromatic N) is 1. The number of rotatable bonds is 6. The number of fused-ring (bicyclic) bond motifs is 3. The van der Waals surface area contributed by atoms with Crippen molar-refractivity contribution in [3.05, 3.63) is 48.5 Å². The molecule has 0 fully saturated rings. The first-order valence-electron chi connectivity index (χ1n) is 7.52. The quantitative estimate of drug-likeness (QED) is 0.599. The van der Waals surface area contributed by atoms with Crippen LogP contribution in [0.3, 0.4) is 0 Å². The molecule has 0 aliphatic carbocycles. The molecule has 1 aromatic heterocycles. The van der Waals surface area contributed by atoms with Crippen molar-refractivity contribution < 1.29 is 13.6 Å². The van der Waals surface area contributed by atoms with Gasteiger partial charge in [-0.3, -0.25) is 4.57 Å². The highest BCUT2D eigenvalue weighted by molar-refractivity contribution is 7.52. The first kappa shape index (κ1) is 15.3. The predicted octanol–water partition coefficient (Wildman–Crippen LogP) is 5.02. The minimum atomic E-state index is -3.15. The van der Waals surface area contributed by atoms with Gasteiger partial charge in [-0.1, -0.05) is 36.4 Å². The normalized spacial score (nSPS) is 12.3. The van der Waals surface area contributed by atoms with Gasteiger partial charge < -0.3 is 13.6 Å². The Labute approximate surface area is 130 Å². The summed E-state index contributed by atoms with van der Waals surface area (Å²) in [6.07, 6.45) is 0.225. The monoisotopic (exact) mass is 317 g/mol. The van der Waals surface area contributed by atoms with Crippen LogP contribution in [0.15, 0.2) is 48.5 Å². The molecule has 0 amide bonds. The smallest absolute Gasteiger partial charge is 0.328 e. The molecule has 2 aromatic carbocycles. The molecule has 0 radical (unpaired) electrons. The fourth-order valence-electron chi connectivity index (χ4n) is 2.84. The highest BCUT2D eigenvalue weighted by atomic mass is 31.2. The van der Waals surface area contributed by atoms with Crippen LogP contribution in [0.1, 0.15) is 13.8 Å². The van der Waals surface area contributed by atoms with Crippen LogP contribution in [0.5, 0.6) is 0 Å². The summed E-state index contributed by atoms with van der Waals surface area (Å²) < 4.78 is 25.8. The van der Waals surface area contributed by atoms with Gasteiger partial charge in [0.05, 0.1) is 13.2 Å². The van der Waals surface area contributed by atoms with E-state index in [1.165, 1.54) is 0 Å². The third-order valence-electron chi connectivity index (χ3n) is 3.65. The van der Waals surface area contributed by atoms with E-state index in [2.05, 4.69) is 12.1 Å². The number of para-hydroxylation sites is 2. The molecule has 0 atom stereocenters. The van der Waals surface area contributed by atoms with Crippen LogP contribution < -0.4 is 0 Å². The zero-order chi connectivity index (χ0) is 15.6. The van der Waals surface area contributed by atoms with Crippen molar-refractivity contribution in [2.45, 2.75) is 20.1 Å². The van der Waals surface area contributed by atoms with Crippen LogP contribution in [0, 0.1) is 0 Å². The molecule has 0 saturated heterocycles. The molecule has 3 rings (SSSR count). The molecule has 22 heavy (non-hydrogen) atoms. The van der Waals surface area contributed by atoms with Crippen molar-refractivity contribution in [2.24, 2.45) is 0 Å². The maximum Gasteiger partial charge on any atom is 0.350 e. The Hall–Kier alpha value is -1.61. The zero-order valence-electron chi connectivity index (χ0n) is 12.9. The summed E-state index contributed by atoms with van der Waals surface area (Å²) in [6, 6.07) is 16.3. The minimum absolute atomic E-state index is 0.225. The van der Waals surface area contributed by atoms with Gasteiger partial charge in [0.2, 0.25) is 0 Å². The van der Waals surface area contributed by atoms with Crippen LogP contribution in [0.2, 0.25) is 0 Å². The molecule has 5 heteroatoms. The molecular weight excluding hydrogens is 297 g/mol. The Morgan fingerprint density at radius 3 is 1.77 bits per heavy atom. The highest BCUT2D eigenvalue weighted by Crippen LogP contribution is 2.51. The van der Waals surface area contributed by atoms with E-state index >= 15 is 0 Å². The summed E-state index contributed by atoms with van der Waals surface area (Å²) in [5, 5.41) is 2.30. The van der Waals surface area contributed by atoms with E-state index < -0.39 is 7.60 Å². The predicted molar refractivity (Wildman–Crippen MR) is 90.3 cm³/mol. The maximum atomic E-state index is 12.9. The van der Waals surface area contributed by atoms with Crippen LogP contribution in [0.25, 0.3) is 21.8 Å². The van der Waals surface area contributed by atoms with Crippen molar-refractivity contribution in [2.75, 3.05) is 13.2 Å². The van der Waals surface area contributed by atoms with E-state index in [1.807, 2.05) is 54.8 Å². The van der Waals surface area contributed by atoms with Crippen molar-refractivity contribution in [3.8, 4) is 0 Å². The fraction of sp³-hybridized carbons (Fsp3) is 0.294. The highest BCUT2D eigenvalue weighted by Gasteiger charge is 2.26. The molecule has 0 saturated carbocycles. The second-order valence-electron chi connectivity index (χ2n) is 5.05. The number of hydrogen-bond donors (Lipinski definition) is 0. The second-order valence-corrected chi connectivity index (χ2v) is 7.07. The van der Waals surface area contributed by atoms with Crippen molar-refractivity contribution in [3.63, 3.8) is 0 Å². The van der Waals surface area contributed by atoms with E-state index in [1.54, 1.807) is 0 Å². The molecule has 116 valence electrons. The van der Waals surface area contributed by atoms with Crippen LogP contribution in [-0.2, 0) is 19.9 Å². The van der Waals surface area contributed by atoms with E-state index in [0.29, 0.717) is 13.2 Å². The van der Waals surface area contributed by atoms with Gasteiger partial charge in [0.1, 0.15) is 6.29 Å². The molecule has 0 spiro atoms. The Bertz CT molecular complexity index is 777. The lowest BCUT2D eigenvalue weighted by Crippen LogP contribution is -2.05. The molecule has 1 heterocycles. The lowest BCUT2D eigenvalue weighted by Gasteiger charge is -2.18. The van der Waals surface area contributed by atoms with Gasteiger partial charge in [0, 0.05) is 21.8 Å². The Morgan fingerprint density at radius 1 is 0.864 bits per heavy atom. The topological polar surface area (TPSA) is 40.5 Å². The number of aromatic nitrogens is 1.